The van der Waals surface area contributed by atoms with E-state index in [1.54, 1.807) is 0 Å². The fraction of sp³-hybridized carbons (Fsp3) is 0.158. The van der Waals surface area contributed by atoms with Crippen molar-refractivity contribution in [1.82, 2.24) is 5.16 Å². The number of nitrogens with one attached hydrogen (secondary N) is 1. The molecule has 152 valence electrons. The molecule has 3 aromatic rings. The van der Waals surface area contributed by atoms with E-state index >= 15 is 0 Å². The lowest BCUT2D eigenvalue weighted by Gasteiger charge is -2.16. The number of anilines is 1. The highest BCUT2D eigenvalue weighted by molar-refractivity contribution is 6.04. The van der Waals surface area contributed by atoms with Gasteiger partial charge in [0.2, 0.25) is 0 Å². The Morgan fingerprint density at radius 3 is 2.14 bits per heavy atom. The van der Waals surface area contributed by atoms with Crippen LogP contribution in [0, 0.1) is 6.92 Å². The highest BCUT2D eigenvalue weighted by Gasteiger charge is 2.37. The first-order valence-electron chi connectivity index (χ1n) is 8.08. The minimum Gasteiger partial charge on any atom is -0.361 e. The van der Waals surface area contributed by atoms with Gasteiger partial charge in [-0.3, -0.25) is 4.79 Å². The Morgan fingerprint density at radius 2 is 1.62 bits per heavy atom. The van der Waals surface area contributed by atoms with E-state index in [4.69, 9.17) is 4.52 Å². The average molecular weight is 414 g/mol. The third-order valence-electron chi connectivity index (χ3n) is 4.10. The summed E-state index contributed by atoms with van der Waals surface area (Å²) in [6, 6.07) is 6.22. The number of nitrogens with zero attached hydrogens (tertiary/aromatic N) is 1. The molecule has 0 aliphatic heterocycles. The van der Waals surface area contributed by atoms with Crippen LogP contribution in [0.3, 0.4) is 0 Å². The molecule has 10 heteroatoms. The Hall–Kier alpha value is -3.30. The van der Waals surface area contributed by atoms with Gasteiger partial charge in [0.1, 0.15) is 11.3 Å². The van der Waals surface area contributed by atoms with Crippen molar-refractivity contribution in [2.75, 3.05) is 5.32 Å². The quantitative estimate of drug-likeness (QED) is 0.540. The summed E-state index contributed by atoms with van der Waals surface area (Å²) in [5.74, 6) is -0.274. The molecule has 1 amide bonds. The van der Waals surface area contributed by atoms with Crippen LogP contribution in [0.25, 0.3) is 11.1 Å². The molecule has 1 N–H and O–H groups in total. The highest BCUT2D eigenvalue weighted by Crippen LogP contribution is 2.40. The van der Waals surface area contributed by atoms with Gasteiger partial charge < -0.3 is 9.84 Å². The van der Waals surface area contributed by atoms with Gasteiger partial charge in [0.05, 0.1) is 17.3 Å². The minimum absolute atomic E-state index is 0.0809. The second kappa shape index (κ2) is 7.26. The Morgan fingerprint density at radius 1 is 0.966 bits per heavy atom. The van der Waals surface area contributed by atoms with Gasteiger partial charge in [-0.15, -0.1) is 0 Å². The van der Waals surface area contributed by atoms with Crippen molar-refractivity contribution in [1.29, 1.82) is 0 Å². The van der Waals surface area contributed by atoms with Crippen LogP contribution in [0.5, 0.6) is 0 Å². The van der Waals surface area contributed by atoms with E-state index in [1.165, 1.54) is 37.4 Å². The summed E-state index contributed by atoms with van der Waals surface area (Å²) < 4.78 is 83.4. The lowest BCUT2D eigenvalue weighted by atomic mass is 9.96. The van der Waals surface area contributed by atoms with Gasteiger partial charge in [-0.25, -0.2) is 0 Å². The molecule has 29 heavy (non-hydrogen) atoms. The van der Waals surface area contributed by atoms with Crippen molar-refractivity contribution in [3.8, 4) is 11.1 Å². The molecule has 1 heterocycles. The van der Waals surface area contributed by atoms with Crippen LogP contribution >= 0.6 is 0 Å². The summed E-state index contributed by atoms with van der Waals surface area (Å²) in [7, 11) is 0. The summed E-state index contributed by atoms with van der Waals surface area (Å²) in [4.78, 5) is 12.1. The maximum absolute atomic E-state index is 13.3. The summed E-state index contributed by atoms with van der Waals surface area (Å²) >= 11 is 0. The molecule has 0 fully saturated rings. The molecule has 0 saturated heterocycles. The second-order valence-electron chi connectivity index (χ2n) is 6.08. The molecule has 0 aliphatic carbocycles. The van der Waals surface area contributed by atoms with Crippen LogP contribution in [0.2, 0.25) is 0 Å². The number of hydrogen-bond acceptors (Lipinski definition) is 3. The van der Waals surface area contributed by atoms with Gasteiger partial charge in [0.25, 0.3) is 5.91 Å². The topological polar surface area (TPSA) is 55.1 Å². The fourth-order valence-corrected chi connectivity index (χ4v) is 2.65. The number of rotatable bonds is 3. The smallest absolute Gasteiger partial charge is 0.361 e. The van der Waals surface area contributed by atoms with Crippen molar-refractivity contribution in [2.24, 2.45) is 0 Å². The number of carbonyl (C=O) groups excluding carboxylic acids is 1. The molecular formula is C19H12F6N2O2. The van der Waals surface area contributed by atoms with Gasteiger partial charge in [-0.05, 0) is 48.4 Å². The Labute approximate surface area is 160 Å². The molecule has 0 unspecified atom stereocenters. The van der Waals surface area contributed by atoms with Crippen molar-refractivity contribution in [2.45, 2.75) is 19.3 Å². The normalized spacial score (nSPS) is 12.1. The zero-order chi connectivity index (χ0) is 21.4. The van der Waals surface area contributed by atoms with Crippen LogP contribution < -0.4 is 5.32 Å². The van der Waals surface area contributed by atoms with Gasteiger partial charge in [0, 0.05) is 5.69 Å². The number of halogens is 6. The Balaban J connectivity index is 1.94. The lowest BCUT2D eigenvalue weighted by molar-refractivity contribution is -0.141. The van der Waals surface area contributed by atoms with E-state index in [0.717, 1.165) is 0 Å². The highest BCUT2D eigenvalue weighted by atomic mass is 19.4. The average Bonchev–Trinajstić information content (AvgIpc) is 3.06. The number of aromatic nitrogens is 1. The molecule has 2 aromatic carbocycles. The number of amides is 1. The summed E-state index contributed by atoms with van der Waals surface area (Å²) in [6.07, 6.45) is -8.42. The minimum atomic E-state index is -4.84. The van der Waals surface area contributed by atoms with Gasteiger partial charge in [-0.1, -0.05) is 17.3 Å². The summed E-state index contributed by atoms with van der Waals surface area (Å²) in [6.45, 7) is 1.53. The fourth-order valence-electron chi connectivity index (χ4n) is 2.65. The number of carbonyl (C=O) groups is 1. The van der Waals surface area contributed by atoms with Crippen LogP contribution in [0.1, 0.15) is 27.2 Å². The number of aryl methyl sites for hydroxylation is 1. The zero-order valence-corrected chi connectivity index (χ0v) is 14.7. The molecular weight excluding hydrogens is 402 g/mol. The van der Waals surface area contributed by atoms with E-state index < -0.39 is 35.0 Å². The van der Waals surface area contributed by atoms with Crippen molar-refractivity contribution in [3.63, 3.8) is 0 Å². The molecule has 0 spiro atoms. The lowest BCUT2D eigenvalue weighted by Crippen LogP contribution is -2.12. The van der Waals surface area contributed by atoms with Crippen molar-refractivity contribution >= 4 is 11.6 Å². The first-order chi connectivity index (χ1) is 13.5. The van der Waals surface area contributed by atoms with Crippen LogP contribution in [-0.4, -0.2) is 11.1 Å². The molecule has 3 rings (SSSR count). The van der Waals surface area contributed by atoms with E-state index in [1.807, 2.05) is 0 Å². The molecule has 0 aliphatic rings. The van der Waals surface area contributed by atoms with Crippen molar-refractivity contribution in [3.05, 3.63) is 71.1 Å². The van der Waals surface area contributed by atoms with E-state index in [-0.39, 0.29) is 22.6 Å². The zero-order valence-electron chi connectivity index (χ0n) is 14.7. The predicted octanol–water partition coefficient (Wildman–Crippen LogP) is 5.94. The van der Waals surface area contributed by atoms with E-state index in [9.17, 15) is 31.1 Å². The predicted molar refractivity (Wildman–Crippen MR) is 91.1 cm³/mol. The van der Waals surface area contributed by atoms with E-state index in [0.29, 0.717) is 18.2 Å². The molecule has 0 atom stereocenters. The van der Waals surface area contributed by atoms with E-state index in [2.05, 4.69) is 10.5 Å². The third kappa shape index (κ3) is 4.41. The number of benzene rings is 2. The Bertz CT molecular complexity index is 1040. The number of alkyl halides is 6. The largest absolute Gasteiger partial charge is 0.417 e. The maximum atomic E-state index is 13.3. The standard InChI is InChI=1S/C19H12F6N2O2/c1-10-15(9-26-29-10)17(28)27-13-5-2-11(3-6-13)14-8-12(18(20,21)22)4-7-16(14)19(23,24)25/h2-9H,1H3,(H,27,28). The van der Waals surface area contributed by atoms with Gasteiger partial charge >= 0.3 is 12.4 Å². The van der Waals surface area contributed by atoms with Crippen LogP contribution in [0.15, 0.2) is 53.2 Å². The molecule has 0 bridgehead atoms. The second-order valence-corrected chi connectivity index (χ2v) is 6.08. The number of hydrogen-bond donors (Lipinski definition) is 1. The summed E-state index contributed by atoms with van der Waals surface area (Å²) in [5, 5.41) is 5.97. The molecule has 1 aromatic heterocycles. The summed E-state index contributed by atoms with van der Waals surface area (Å²) in [5.41, 5.74) is -2.67. The third-order valence-corrected chi connectivity index (χ3v) is 4.10. The SMILES string of the molecule is Cc1oncc1C(=O)Nc1ccc(-c2cc(C(F)(F)F)ccc2C(F)(F)F)cc1. The monoisotopic (exact) mass is 414 g/mol. The first-order valence-corrected chi connectivity index (χ1v) is 8.08. The van der Waals surface area contributed by atoms with Gasteiger partial charge in [-0.2, -0.15) is 26.3 Å². The first kappa shape index (κ1) is 20.4. The van der Waals surface area contributed by atoms with Crippen LogP contribution in [0.4, 0.5) is 32.0 Å². The van der Waals surface area contributed by atoms with Crippen molar-refractivity contribution < 1.29 is 35.7 Å². The maximum Gasteiger partial charge on any atom is 0.417 e. The molecule has 4 nitrogen and oxygen atoms in total. The van der Waals surface area contributed by atoms with Crippen LogP contribution in [-0.2, 0) is 12.4 Å². The molecule has 0 saturated carbocycles. The van der Waals surface area contributed by atoms with Gasteiger partial charge in [0.15, 0.2) is 0 Å². The Kier molecular flexibility index (Phi) is 5.12. The molecule has 0 radical (unpaired) electrons.